The van der Waals surface area contributed by atoms with Gasteiger partial charge in [0.05, 0.1) is 20.2 Å². The molecule has 1 heterocycles. The normalized spacial score (nSPS) is 10.9. The molecule has 6 heteroatoms. The second-order valence-electron chi connectivity index (χ2n) is 7.48. The lowest BCUT2D eigenvalue weighted by molar-refractivity contribution is -0.915. The topological polar surface area (TPSA) is 43.2 Å². The Morgan fingerprint density at radius 1 is 1.08 bits per heavy atom. The van der Waals surface area contributed by atoms with Crippen LogP contribution in [0.25, 0.3) is 10.9 Å². The maximum absolute atomic E-state index is 5.44. The zero-order chi connectivity index (χ0) is 17.5. The predicted molar refractivity (Wildman–Crippen MR) is 100.0 cm³/mol. The number of nitrogens with two attached hydrogens (primary N) is 1. The maximum Gasteiger partial charge on any atom is 0.160 e. The van der Waals surface area contributed by atoms with Crippen LogP contribution < -0.4 is 39.8 Å². The SMILES string of the molecule is COc1cc([NH2+]CC[NH+](CC(C)C)CC(C)C)c2ncccc2c1.[Cl-].[Cl-]. The van der Waals surface area contributed by atoms with Gasteiger partial charge in [-0.1, -0.05) is 33.8 Å². The molecule has 2 aromatic rings. The first kappa shape index (κ1) is 24.9. The van der Waals surface area contributed by atoms with Gasteiger partial charge < -0.3 is 39.8 Å². The quantitative estimate of drug-likeness (QED) is 0.417. The van der Waals surface area contributed by atoms with E-state index in [-0.39, 0.29) is 24.8 Å². The van der Waals surface area contributed by atoms with Crippen LogP contribution in [0.3, 0.4) is 0 Å². The van der Waals surface area contributed by atoms with Crippen LogP contribution in [0.15, 0.2) is 30.5 Å². The molecular weight excluding hydrogens is 369 g/mol. The number of nitrogens with zero attached hydrogens (tertiary/aromatic N) is 1. The van der Waals surface area contributed by atoms with Crippen LogP contribution in [0.5, 0.6) is 5.75 Å². The van der Waals surface area contributed by atoms with Crippen molar-refractivity contribution >= 4 is 16.6 Å². The molecule has 0 atom stereocenters. The van der Waals surface area contributed by atoms with Crippen LogP contribution in [0.2, 0.25) is 0 Å². The summed E-state index contributed by atoms with van der Waals surface area (Å²) in [5, 5.41) is 3.45. The van der Waals surface area contributed by atoms with Crippen molar-refractivity contribution in [1.82, 2.24) is 4.98 Å². The average molecular weight is 402 g/mol. The zero-order valence-corrected chi connectivity index (χ0v) is 18.1. The number of nitrogens with one attached hydrogen (secondary N) is 1. The molecule has 0 bridgehead atoms. The molecule has 0 aliphatic carbocycles. The summed E-state index contributed by atoms with van der Waals surface area (Å²) in [4.78, 5) is 6.25. The molecule has 4 nitrogen and oxygen atoms in total. The van der Waals surface area contributed by atoms with Gasteiger partial charge in [-0.15, -0.1) is 0 Å². The molecule has 3 N–H and O–H groups in total. The molecule has 0 saturated carbocycles. The zero-order valence-electron chi connectivity index (χ0n) is 16.6. The van der Waals surface area contributed by atoms with E-state index in [0.717, 1.165) is 35.0 Å². The van der Waals surface area contributed by atoms with Gasteiger partial charge in [-0.25, -0.2) is 4.98 Å². The van der Waals surface area contributed by atoms with Crippen molar-refractivity contribution in [3.05, 3.63) is 30.5 Å². The fraction of sp³-hybridized carbons (Fsp3) is 0.550. The summed E-state index contributed by atoms with van der Waals surface area (Å²) in [7, 11) is 1.72. The highest BCUT2D eigenvalue weighted by molar-refractivity contribution is 5.88. The number of benzene rings is 1. The van der Waals surface area contributed by atoms with E-state index in [0.29, 0.717) is 0 Å². The Morgan fingerprint density at radius 2 is 1.73 bits per heavy atom. The van der Waals surface area contributed by atoms with Gasteiger partial charge in [0.25, 0.3) is 0 Å². The molecule has 0 amide bonds. The van der Waals surface area contributed by atoms with Crippen LogP contribution in [0, 0.1) is 11.8 Å². The number of halogens is 2. The van der Waals surface area contributed by atoms with Gasteiger partial charge in [-0.2, -0.15) is 0 Å². The highest BCUT2D eigenvalue weighted by Gasteiger charge is 2.15. The van der Waals surface area contributed by atoms with Crippen molar-refractivity contribution in [2.24, 2.45) is 11.8 Å². The second kappa shape index (κ2) is 12.3. The Hall–Kier alpha value is -1.07. The van der Waals surface area contributed by atoms with Crippen LogP contribution in [-0.4, -0.2) is 38.3 Å². The predicted octanol–water partition coefficient (Wildman–Crippen LogP) is -4.36. The highest BCUT2D eigenvalue weighted by Crippen LogP contribution is 2.24. The maximum atomic E-state index is 5.44. The Morgan fingerprint density at radius 3 is 2.31 bits per heavy atom. The lowest BCUT2D eigenvalue weighted by Gasteiger charge is -2.22. The third-order valence-electron chi connectivity index (χ3n) is 4.20. The lowest BCUT2D eigenvalue weighted by atomic mass is 10.1. The number of quaternary nitrogens is 2. The number of pyridine rings is 1. The minimum absolute atomic E-state index is 0. The van der Waals surface area contributed by atoms with E-state index in [9.17, 15) is 0 Å². The molecule has 148 valence electrons. The van der Waals surface area contributed by atoms with E-state index < -0.39 is 0 Å². The minimum Gasteiger partial charge on any atom is -1.00 e. The first-order valence-electron chi connectivity index (χ1n) is 9.09. The summed E-state index contributed by atoms with van der Waals surface area (Å²) < 4.78 is 5.44. The summed E-state index contributed by atoms with van der Waals surface area (Å²) in [6.45, 7) is 13.9. The Kier molecular flexibility index (Phi) is 11.8. The number of hydrogen-bond acceptors (Lipinski definition) is 2. The molecule has 0 unspecified atom stereocenters. The fourth-order valence-electron chi connectivity index (χ4n) is 3.34. The molecule has 0 aliphatic heterocycles. The summed E-state index contributed by atoms with van der Waals surface area (Å²) >= 11 is 0. The first-order chi connectivity index (χ1) is 11.5. The summed E-state index contributed by atoms with van der Waals surface area (Å²) in [6.07, 6.45) is 1.86. The molecular formula is C20H33Cl2N3O. The van der Waals surface area contributed by atoms with E-state index in [4.69, 9.17) is 4.74 Å². The number of aromatic nitrogens is 1. The summed E-state index contributed by atoms with van der Waals surface area (Å²) in [6, 6.07) is 8.22. The number of methoxy groups -OCH3 is 1. The molecule has 0 saturated heterocycles. The third-order valence-corrected chi connectivity index (χ3v) is 4.20. The van der Waals surface area contributed by atoms with E-state index >= 15 is 0 Å². The van der Waals surface area contributed by atoms with E-state index in [1.807, 2.05) is 12.3 Å². The molecule has 2 rings (SSSR count). The Bertz CT molecular complexity index is 640. The molecule has 26 heavy (non-hydrogen) atoms. The smallest absolute Gasteiger partial charge is 0.160 e. The number of ether oxygens (including phenoxy) is 1. The van der Waals surface area contributed by atoms with Crippen molar-refractivity contribution in [3.63, 3.8) is 0 Å². The van der Waals surface area contributed by atoms with Gasteiger partial charge in [-0.05, 0) is 12.1 Å². The number of hydrogen-bond donors (Lipinski definition) is 2. The molecule has 0 spiro atoms. The minimum atomic E-state index is 0. The summed E-state index contributed by atoms with van der Waals surface area (Å²) in [5.74, 6) is 2.37. The molecule has 1 aromatic carbocycles. The largest absolute Gasteiger partial charge is 1.00 e. The van der Waals surface area contributed by atoms with Crippen molar-refractivity contribution in [2.75, 3.05) is 33.3 Å². The van der Waals surface area contributed by atoms with E-state index in [1.165, 1.54) is 25.3 Å². The third kappa shape index (κ3) is 7.67. The van der Waals surface area contributed by atoms with Gasteiger partial charge >= 0.3 is 0 Å². The summed E-state index contributed by atoms with van der Waals surface area (Å²) in [5.41, 5.74) is 2.24. The van der Waals surface area contributed by atoms with Crippen molar-refractivity contribution in [1.29, 1.82) is 0 Å². The number of rotatable bonds is 9. The standard InChI is InChI=1S/C20H31N3O.2ClH/c1-15(2)13-23(14-16(3)4)10-9-21-19-12-18(24-5)11-17-7-6-8-22-20(17)19;;/h6-8,11-12,15-16,21H,9-10,13-14H2,1-5H3;2*1H. The van der Waals surface area contributed by atoms with Gasteiger partial charge in [0.1, 0.15) is 24.4 Å². The van der Waals surface area contributed by atoms with Gasteiger partial charge in [-0.3, -0.25) is 0 Å². The monoisotopic (exact) mass is 401 g/mol. The van der Waals surface area contributed by atoms with Crippen LogP contribution in [0.4, 0.5) is 5.69 Å². The van der Waals surface area contributed by atoms with Crippen LogP contribution >= 0.6 is 0 Å². The van der Waals surface area contributed by atoms with E-state index in [2.05, 4.69) is 56.2 Å². The van der Waals surface area contributed by atoms with Crippen molar-refractivity contribution in [3.8, 4) is 5.75 Å². The lowest BCUT2D eigenvalue weighted by Crippen LogP contribution is -3.15. The van der Waals surface area contributed by atoms with E-state index in [1.54, 1.807) is 12.0 Å². The van der Waals surface area contributed by atoms with Crippen molar-refractivity contribution < 1.29 is 39.8 Å². The molecule has 0 radical (unpaired) electrons. The highest BCUT2D eigenvalue weighted by atomic mass is 35.5. The van der Waals surface area contributed by atoms with Gasteiger partial charge in [0.2, 0.25) is 0 Å². The van der Waals surface area contributed by atoms with Crippen LogP contribution in [0.1, 0.15) is 27.7 Å². The Balaban J connectivity index is 0.00000312. The van der Waals surface area contributed by atoms with Crippen LogP contribution in [-0.2, 0) is 0 Å². The first-order valence-corrected chi connectivity index (χ1v) is 9.09. The Labute approximate surface area is 170 Å². The van der Waals surface area contributed by atoms with Gasteiger partial charge in [0.15, 0.2) is 5.69 Å². The average Bonchev–Trinajstić information content (AvgIpc) is 2.53. The number of fused-ring (bicyclic) bond motifs is 1. The van der Waals surface area contributed by atoms with Crippen molar-refractivity contribution in [2.45, 2.75) is 27.7 Å². The molecule has 0 aliphatic rings. The molecule has 1 aromatic heterocycles. The second-order valence-corrected chi connectivity index (χ2v) is 7.48. The molecule has 0 fully saturated rings. The van der Waals surface area contributed by atoms with Gasteiger partial charge in [0, 0.05) is 29.5 Å². The fourth-order valence-corrected chi connectivity index (χ4v) is 3.34.